The zero-order valence-electron chi connectivity index (χ0n) is 10.5. The Morgan fingerprint density at radius 2 is 2.22 bits per heavy atom. The molecule has 2 rings (SSSR count). The molecule has 0 bridgehead atoms. The first kappa shape index (κ1) is 13.4. The Morgan fingerprint density at radius 1 is 1.56 bits per heavy atom. The molecule has 7 heteroatoms. The van der Waals surface area contributed by atoms with Gasteiger partial charge in [0, 0.05) is 24.2 Å². The molecule has 0 aliphatic heterocycles. The average molecular weight is 287 g/mol. The lowest BCUT2D eigenvalue weighted by Gasteiger charge is -2.16. The van der Waals surface area contributed by atoms with Crippen LogP contribution in [0.5, 0.6) is 0 Å². The number of rotatable bonds is 4. The molecular weight excluding hydrogens is 270 g/mol. The van der Waals surface area contributed by atoms with Gasteiger partial charge in [0.1, 0.15) is 4.21 Å². The Balaban J connectivity index is 2.01. The molecule has 1 aliphatic rings. The van der Waals surface area contributed by atoms with Gasteiger partial charge in [-0.15, -0.1) is 11.3 Å². The van der Waals surface area contributed by atoms with Gasteiger partial charge in [0.2, 0.25) is 0 Å². The van der Waals surface area contributed by atoms with Gasteiger partial charge in [-0.2, -0.15) is 0 Å². The molecule has 1 saturated carbocycles. The fraction of sp³-hybridized carbons (Fsp3) is 0.545. The van der Waals surface area contributed by atoms with Gasteiger partial charge >= 0.3 is 0 Å². The molecule has 1 fully saturated rings. The standard InChI is InChI=1S/C11H17N3O2S2/c1-14(8-3-4-8)11(12)13-7-9-5-6-10(17-9)18(2,15)16/h5-6,8H,3-4,7H2,1-2H3,(H2,12,13). The van der Waals surface area contributed by atoms with Crippen molar-refractivity contribution in [3.63, 3.8) is 0 Å². The lowest BCUT2D eigenvalue weighted by Crippen LogP contribution is -2.35. The number of sulfone groups is 1. The third kappa shape index (κ3) is 3.23. The highest BCUT2D eigenvalue weighted by molar-refractivity contribution is 7.92. The molecule has 0 unspecified atom stereocenters. The van der Waals surface area contributed by atoms with E-state index in [0.717, 1.165) is 4.88 Å². The van der Waals surface area contributed by atoms with Crippen molar-refractivity contribution < 1.29 is 8.42 Å². The van der Waals surface area contributed by atoms with Crippen molar-refractivity contribution in [2.45, 2.75) is 29.6 Å². The van der Waals surface area contributed by atoms with Crippen LogP contribution in [-0.4, -0.2) is 38.6 Å². The van der Waals surface area contributed by atoms with E-state index in [1.807, 2.05) is 11.9 Å². The number of nitrogens with zero attached hydrogens (tertiary/aromatic N) is 2. The van der Waals surface area contributed by atoms with E-state index >= 15 is 0 Å². The summed E-state index contributed by atoms with van der Waals surface area (Å²) in [4.78, 5) is 7.17. The minimum absolute atomic E-state index is 0.377. The molecule has 1 heterocycles. The summed E-state index contributed by atoms with van der Waals surface area (Å²) >= 11 is 1.25. The predicted molar refractivity (Wildman–Crippen MR) is 73.5 cm³/mol. The summed E-state index contributed by atoms with van der Waals surface area (Å²) in [5, 5.41) is 0. The molecule has 1 aromatic rings. The topological polar surface area (TPSA) is 75.8 Å². The van der Waals surface area contributed by atoms with Gasteiger partial charge in [0.25, 0.3) is 0 Å². The average Bonchev–Trinajstić information content (AvgIpc) is 3.02. The van der Waals surface area contributed by atoms with Gasteiger partial charge in [-0.05, 0) is 25.0 Å². The molecule has 0 aromatic carbocycles. The summed E-state index contributed by atoms with van der Waals surface area (Å²) in [5.74, 6) is 0.520. The molecule has 0 atom stereocenters. The van der Waals surface area contributed by atoms with Crippen molar-refractivity contribution in [3.8, 4) is 0 Å². The first-order valence-electron chi connectivity index (χ1n) is 5.69. The Bertz CT molecular complexity index is 559. The van der Waals surface area contributed by atoms with Gasteiger partial charge in [0.15, 0.2) is 15.8 Å². The summed E-state index contributed by atoms with van der Waals surface area (Å²) in [7, 11) is -1.17. The summed E-state index contributed by atoms with van der Waals surface area (Å²) in [6.45, 7) is 0.434. The van der Waals surface area contributed by atoms with E-state index < -0.39 is 9.84 Å². The van der Waals surface area contributed by atoms with Crippen LogP contribution in [0, 0.1) is 0 Å². The summed E-state index contributed by atoms with van der Waals surface area (Å²) in [5.41, 5.74) is 5.86. The molecule has 0 saturated heterocycles. The van der Waals surface area contributed by atoms with Crippen LogP contribution in [0.4, 0.5) is 0 Å². The van der Waals surface area contributed by atoms with Crippen molar-refractivity contribution in [1.29, 1.82) is 0 Å². The smallest absolute Gasteiger partial charge is 0.191 e. The zero-order chi connectivity index (χ0) is 13.3. The van der Waals surface area contributed by atoms with Gasteiger partial charge in [-0.1, -0.05) is 0 Å². The quantitative estimate of drug-likeness (QED) is 0.663. The number of hydrogen-bond donors (Lipinski definition) is 1. The van der Waals surface area contributed by atoms with Crippen molar-refractivity contribution in [2.24, 2.45) is 10.7 Å². The van der Waals surface area contributed by atoms with Crippen molar-refractivity contribution in [1.82, 2.24) is 4.90 Å². The van der Waals surface area contributed by atoms with Crippen LogP contribution in [0.1, 0.15) is 17.7 Å². The first-order valence-corrected chi connectivity index (χ1v) is 8.40. The third-order valence-corrected chi connectivity index (χ3v) is 5.75. The van der Waals surface area contributed by atoms with Crippen LogP contribution >= 0.6 is 11.3 Å². The molecule has 0 spiro atoms. The van der Waals surface area contributed by atoms with E-state index in [9.17, 15) is 8.42 Å². The maximum Gasteiger partial charge on any atom is 0.191 e. The summed E-state index contributed by atoms with van der Waals surface area (Å²) in [6.07, 6.45) is 3.55. The highest BCUT2D eigenvalue weighted by Crippen LogP contribution is 2.25. The molecular formula is C11H17N3O2S2. The summed E-state index contributed by atoms with van der Waals surface area (Å²) in [6, 6.07) is 3.93. The molecule has 100 valence electrons. The lowest BCUT2D eigenvalue weighted by atomic mass is 10.5. The van der Waals surface area contributed by atoms with E-state index in [1.165, 1.54) is 30.4 Å². The highest BCUT2D eigenvalue weighted by atomic mass is 32.2. The Hall–Kier alpha value is -1.08. The largest absolute Gasteiger partial charge is 0.370 e. The van der Waals surface area contributed by atoms with Gasteiger partial charge in [0.05, 0.1) is 6.54 Å². The Labute approximate surface area is 111 Å². The van der Waals surface area contributed by atoms with Gasteiger partial charge < -0.3 is 10.6 Å². The SMILES string of the molecule is CN(C(N)=NCc1ccc(S(C)(=O)=O)s1)C1CC1. The summed E-state index contributed by atoms with van der Waals surface area (Å²) < 4.78 is 23.0. The van der Waals surface area contributed by atoms with Crippen molar-refractivity contribution in [2.75, 3.05) is 13.3 Å². The minimum atomic E-state index is -3.11. The molecule has 1 aliphatic carbocycles. The minimum Gasteiger partial charge on any atom is -0.370 e. The lowest BCUT2D eigenvalue weighted by molar-refractivity contribution is 0.487. The van der Waals surface area contributed by atoms with Crippen molar-refractivity contribution in [3.05, 3.63) is 17.0 Å². The van der Waals surface area contributed by atoms with Crippen LogP contribution in [0.15, 0.2) is 21.3 Å². The van der Waals surface area contributed by atoms with Crippen LogP contribution in [0.2, 0.25) is 0 Å². The fourth-order valence-electron chi connectivity index (χ4n) is 1.56. The first-order chi connectivity index (χ1) is 8.38. The Morgan fingerprint density at radius 3 is 2.72 bits per heavy atom. The van der Waals surface area contributed by atoms with Crippen molar-refractivity contribution >= 4 is 27.1 Å². The molecule has 18 heavy (non-hydrogen) atoms. The molecule has 5 nitrogen and oxygen atoms in total. The number of nitrogens with two attached hydrogens (primary N) is 1. The second kappa shape index (κ2) is 4.89. The molecule has 0 radical (unpaired) electrons. The molecule has 2 N–H and O–H groups in total. The third-order valence-electron chi connectivity index (χ3n) is 2.86. The molecule has 1 aromatic heterocycles. The van der Waals surface area contributed by atoms with E-state index in [4.69, 9.17) is 5.73 Å². The number of hydrogen-bond acceptors (Lipinski definition) is 4. The zero-order valence-corrected chi connectivity index (χ0v) is 12.1. The van der Waals surface area contributed by atoms with Gasteiger partial charge in [-0.3, -0.25) is 0 Å². The van der Waals surface area contributed by atoms with E-state index in [1.54, 1.807) is 12.1 Å². The van der Waals surface area contributed by atoms with E-state index in [2.05, 4.69) is 4.99 Å². The van der Waals surface area contributed by atoms with Crippen LogP contribution in [-0.2, 0) is 16.4 Å². The second-order valence-electron chi connectivity index (χ2n) is 4.51. The maximum atomic E-state index is 11.3. The van der Waals surface area contributed by atoms with Crippen LogP contribution in [0.25, 0.3) is 0 Å². The van der Waals surface area contributed by atoms with E-state index in [-0.39, 0.29) is 0 Å². The number of aliphatic imine (C=N–C) groups is 1. The highest BCUT2D eigenvalue weighted by Gasteiger charge is 2.27. The van der Waals surface area contributed by atoms with Crippen LogP contribution < -0.4 is 5.73 Å². The normalized spacial score (nSPS) is 16.9. The second-order valence-corrected chi connectivity index (χ2v) is 7.92. The monoisotopic (exact) mass is 287 g/mol. The van der Waals surface area contributed by atoms with Gasteiger partial charge in [-0.25, -0.2) is 13.4 Å². The van der Waals surface area contributed by atoms with Crippen LogP contribution in [0.3, 0.4) is 0 Å². The van der Waals surface area contributed by atoms with E-state index in [0.29, 0.717) is 22.8 Å². The molecule has 0 amide bonds. The fourth-order valence-corrected chi connectivity index (χ4v) is 3.46. The maximum absolute atomic E-state index is 11.3. The Kier molecular flexibility index (Phi) is 3.63. The predicted octanol–water partition coefficient (Wildman–Crippen LogP) is 1.06. The number of thiophene rings is 1. The number of guanidine groups is 1.